The average Bonchev–Trinajstić information content (AvgIpc) is 3.33. The van der Waals surface area contributed by atoms with Crippen LogP contribution in [0.15, 0.2) is 48.7 Å². The first kappa shape index (κ1) is 34.7. The Balaban J connectivity index is 0.000000676. The molecule has 1 aromatic heterocycles. The molecule has 2 aromatic carbocycles. The average molecular weight is 649 g/mol. The minimum absolute atomic E-state index is 0.0832. The van der Waals surface area contributed by atoms with Gasteiger partial charge in [0.1, 0.15) is 12.5 Å². The number of H-pyrrole nitrogens is 1. The summed E-state index contributed by atoms with van der Waals surface area (Å²) in [6.07, 6.45) is -8.98. The summed E-state index contributed by atoms with van der Waals surface area (Å²) < 4.78 is 70.8. The van der Waals surface area contributed by atoms with E-state index >= 15 is 0 Å². The van der Waals surface area contributed by atoms with Crippen LogP contribution >= 0.6 is 11.6 Å². The van der Waals surface area contributed by atoms with Gasteiger partial charge in [-0.2, -0.15) is 26.3 Å². The zero-order chi connectivity index (χ0) is 33.0. The number of carbonyl (C=O) groups excluding carboxylic acids is 2. The first-order valence-electron chi connectivity index (χ1n) is 13.3. The van der Waals surface area contributed by atoms with Gasteiger partial charge in [0.2, 0.25) is 11.8 Å². The maximum absolute atomic E-state index is 14.1. The summed E-state index contributed by atoms with van der Waals surface area (Å²) in [5, 5.41) is 10.9. The number of carboxylic acids is 1. The summed E-state index contributed by atoms with van der Waals surface area (Å²) >= 11 is 6.24. The van der Waals surface area contributed by atoms with Crippen molar-refractivity contribution in [3.8, 4) is 0 Å². The number of halogens is 7. The third-order valence-corrected chi connectivity index (χ3v) is 7.20. The molecule has 2 amide bonds. The van der Waals surface area contributed by atoms with Gasteiger partial charge in [0.05, 0.1) is 0 Å². The van der Waals surface area contributed by atoms with E-state index in [4.69, 9.17) is 21.5 Å². The van der Waals surface area contributed by atoms with Crippen molar-refractivity contribution in [3.63, 3.8) is 0 Å². The molecule has 3 aromatic rings. The van der Waals surface area contributed by atoms with Gasteiger partial charge in [-0.05, 0) is 61.8 Å². The van der Waals surface area contributed by atoms with Crippen molar-refractivity contribution in [1.82, 2.24) is 15.2 Å². The number of fused-ring (bicyclic) bond motifs is 2. The summed E-state index contributed by atoms with van der Waals surface area (Å²) in [5.74, 6) is -4.98. The molecule has 15 heteroatoms. The molecule has 240 valence electrons. The van der Waals surface area contributed by atoms with E-state index in [0.29, 0.717) is 30.2 Å². The van der Waals surface area contributed by atoms with Gasteiger partial charge in [-0.1, -0.05) is 36.7 Å². The van der Waals surface area contributed by atoms with Crippen LogP contribution in [-0.4, -0.2) is 78.4 Å². The number of carboxylic acid groups (broad SMARTS) is 1. The number of hydrogen-bond donors (Lipinski definition) is 3. The minimum atomic E-state index is -5.08. The number of benzene rings is 2. The van der Waals surface area contributed by atoms with Crippen LogP contribution in [0, 0.1) is 5.92 Å². The molecule has 2 unspecified atom stereocenters. The number of para-hydroxylation sites is 1. The van der Waals surface area contributed by atoms with Crippen LogP contribution in [0.1, 0.15) is 30.4 Å². The fourth-order valence-corrected chi connectivity index (χ4v) is 5.38. The molecule has 3 N–H and O–H groups in total. The van der Waals surface area contributed by atoms with E-state index in [1.165, 1.54) is 0 Å². The Bertz CT molecular complexity index is 1490. The van der Waals surface area contributed by atoms with Crippen molar-refractivity contribution >= 4 is 46.0 Å². The molecule has 8 nitrogen and oxygen atoms in total. The quantitative estimate of drug-likeness (QED) is 0.283. The molecule has 3 atom stereocenters. The molecule has 0 saturated heterocycles. The first-order chi connectivity index (χ1) is 20.4. The van der Waals surface area contributed by atoms with Gasteiger partial charge in [0.15, 0.2) is 0 Å². The highest BCUT2D eigenvalue weighted by Gasteiger charge is 2.40. The van der Waals surface area contributed by atoms with Crippen molar-refractivity contribution in [3.05, 3.63) is 64.8 Å². The second-order valence-electron chi connectivity index (χ2n) is 10.8. The number of carbonyl (C=O) groups is 3. The number of nitrogens with zero attached hydrogens (tertiary/aromatic N) is 2. The minimum Gasteiger partial charge on any atom is -0.475 e. The Labute approximate surface area is 253 Å². The fraction of sp³-hybridized carbons (Fsp3) is 0.414. The summed E-state index contributed by atoms with van der Waals surface area (Å²) in [4.78, 5) is 42.2. The molecule has 1 aliphatic heterocycles. The zero-order valence-corrected chi connectivity index (χ0v) is 24.6. The normalized spacial score (nSPS) is 16.5. The second-order valence-corrected chi connectivity index (χ2v) is 11.2. The molecule has 0 spiro atoms. The zero-order valence-electron chi connectivity index (χ0n) is 23.9. The van der Waals surface area contributed by atoms with Crippen molar-refractivity contribution in [2.24, 2.45) is 5.92 Å². The van der Waals surface area contributed by atoms with Crippen LogP contribution in [0.4, 0.5) is 32.0 Å². The maximum Gasteiger partial charge on any atom is 0.490 e. The number of rotatable bonds is 7. The third kappa shape index (κ3) is 9.11. The van der Waals surface area contributed by atoms with E-state index < -0.39 is 48.5 Å². The van der Waals surface area contributed by atoms with Crippen LogP contribution in [0.2, 0.25) is 5.02 Å². The monoisotopic (exact) mass is 648 g/mol. The largest absolute Gasteiger partial charge is 0.490 e. The van der Waals surface area contributed by atoms with Crippen LogP contribution in [0.25, 0.3) is 10.9 Å². The van der Waals surface area contributed by atoms with Crippen molar-refractivity contribution in [2.45, 2.75) is 44.1 Å². The van der Waals surface area contributed by atoms with Crippen LogP contribution in [0.5, 0.6) is 0 Å². The summed E-state index contributed by atoms with van der Waals surface area (Å²) in [7, 11) is 3.89. The van der Waals surface area contributed by atoms with Gasteiger partial charge in [-0.25, -0.2) is 4.79 Å². The number of aromatic amines is 1. The molecule has 1 aliphatic rings. The Morgan fingerprint density at radius 2 is 1.75 bits per heavy atom. The number of aliphatic carboxylic acids is 1. The predicted molar refractivity (Wildman–Crippen MR) is 153 cm³/mol. The maximum atomic E-state index is 14.1. The number of alkyl halides is 6. The number of amides is 2. The number of anilines is 1. The molecule has 44 heavy (non-hydrogen) atoms. The smallest absolute Gasteiger partial charge is 0.475 e. The van der Waals surface area contributed by atoms with E-state index in [9.17, 15) is 35.9 Å². The SMILES string of the molecule is CC(c1c[nH]c2ccccc12)C(NC(=O)CC(F)(F)F)C(=O)N1C[C@@H](CN(C)C)Cc2cc(Cl)ccc21.O=C(O)C(F)(F)F. The molecular formula is C29H31ClF6N4O4. The Morgan fingerprint density at radius 3 is 2.34 bits per heavy atom. The number of hydrogen-bond acceptors (Lipinski definition) is 4. The van der Waals surface area contributed by atoms with Gasteiger partial charge in [0.25, 0.3) is 0 Å². The summed E-state index contributed by atoms with van der Waals surface area (Å²) in [6.45, 7) is 2.83. The molecular weight excluding hydrogens is 618 g/mol. The highest BCUT2D eigenvalue weighted by Crippen LogP contribution is 2.35. The van der Waals surface area contributed by atoms with E-state index in [-0.39, 0.29) is 5.92 Å². The number of nitrogens with one attached hydrogen (secondary N) is 2. The lowest BCUT2D eigenvalue weighted by Gasteiger charge is -2.38. The van der Waals surface area contributed by atoms with Gasteiger partial charge in [-0.3, -0.25) is 9.59 Å². The van der Waals surface area contributed by atoms with Crippen LogP contribution < -0.4 is 10.2 Å². The molecule has 0 aliphatic carbocycles. The van der Waals surface area contributed by atoms with Gasteiger partial charge >= 0.3 is 18.3 Å². The Kier molecular flexibility index (Phi) is 11.0. The third-order valence-electron chi connectivity index (χ3n) is 6.97. The lowest BCUT2D eigenvalue weighted by atomic mass is 9.88. The van der Waals surface area contributed by atoms with E-state index in [1.54, 1.807) is 30.2 Å². The molecule has 4 rings (SSSR count). The lowest BCUT2D eigenvalue weighted by molar-refractivity contribution is -0.192. The molecule has 0 bridgehead atoms. The van der Waals surface area contributed by atoms with Crippen LogP contribution in [-0.2, 0) is 20.8 Å². The summed E-state index contributed by atoms with van der Waals surface area (Å²) in [6, 6.07) is 11.5. The predicted octanol–water partition coefficient (Wildman–Crippen LogP) is 5.76. The summed E-state index contributed by atoms with van der Waals surface area (Å²) in [5.41, 5.74) is 3.12. The van der Waals surface area contributed by atoms with E-state index in [1.807, 2.05) is 49.3 Å². The van der Waals surface area contributed by atoms with E-state index in [2.05, 4.69) is 10.3 Å². The highest BCUT2D eigenvalue weighted by atomic mass is 35.5. The van der Waals surface area contributed by atoms with Gasteiger partial charge in [-0.15, -0.1) is 0 Å². The van der Waals surface area contributed by atoms with Gasteiger partial charge < -0.3 is 25.2 Å². The second kappa shape index (κ2) is 13.9. The van der Waals surface area contributed by atoms with E-state index in [0.717, 1.165) is 22.0 Å². The Hall–Kier alpha value is -3.78. The number of aromatic nitrogens is 1. The van der Waals surface area contributed by atoms with Crippen molar-refractivity contribution in [2.75, 3.05) is 32.1 Å². The van der Waals surface area contributed by atoms with Gasteiger partial charge in [0, 0.05) is 46.8 Å². The van der Waals surface area contributed by atoms with Crippen LogP contribution in [0.3, 0.4) is 0 Å². The topological polar surface area (TPSA) is 106 Å². The molecule has 0 fully saturated rings. The Morgan fingerprint density at radius 1 is 1.11 bits per heavy atom. The molecule has 0 radical (unpaired) electrons. The van der Waals surface area contributed by atoms with Crippen molar-refractivity contribution < 1.29 is 45.8 Å². The lowest BCUT2D eigenvalue weighted by Crippen LogP contribution is -2.54. The first-order valence-corrected chi connectivity index (χ1v) is 13.7. The molecule has 0 saturated carbocycles. The standard InChI is InChI=1S/C27H30ClF3N4O2.C2HF3O2/c1-16(21-13-32-22-7-5-4-6-20(21)22)25(33-24(36)12-27(29,30)31)26(37)35-15-17(14-34(2)3)10-18-11-19(28)8-9-23(18)35;3-2(4,5)1(6)7/h4-9,11,13,16-17,25,32H,10,12,14-15H2,1-3H3,(H,33,36);(H,6,7)/t16?,17-,25?;/m1./s1. The highest BCUT2D eigenvalue weighted by molar-refractivity contribution is 6.30. The fourth-order valence-electron chi connectivity index (χ4n) is 5.19. The molecule has 2 heterocycles. The van der Waals surface area contributed by atoms with Crippen molar-refractivity contribution in [1.29, 1.82) is 0 Å².